The average Bonchev–Trinajstić information content (AvgIpc) is 2.59. The fraction of sp³-hybridized carbons (Fsp3) is 0.632. The topological polar surface area (TPSA) is 83.0 Å². The first kappa shape index (κ1) is 21.7. The van der Waals surface area contributed by atoms with Gasteiger partial charge in [-0.05, 0) is 38.3 Å². The molecule has 1 aromatic carbocycles. The number of nitrogens with zero attached hydrogens (tertiary/aromatic N) is 2. The number of nitrogens with one attached hydrogen (secondary N) is 2. The number of aliphatic imine (C=N–C) groups is 1. The first-order chi connectivity index (χ1) is 12.8. The molecular formula is C19H32N4O3S. The van der Waals surface area contributed by atoms with Crippen LogP contribution in [0.3, 0.4) is 0 Å². The van der Waals surface area contributed by atoms with Gasteiger partial charge in [-0.25, -0.2) is 13.1 Å². The Morgan fingerprint density at radius 3 is 2.81 bits per heavy atom. The van der Waals surface area contributed by atoms with E-state index in [9.17, 15) is 8.42 Å². The monoisotopic (exact) mass is 396 g/mol. The molecule has 1 aliphatic heterocycles. The lowest BCUT2D eigenvalue weighted by molar-refractivity contribution is -0.00833. The van der Waals surface area contributed by atoms with Crippen LogP contribution in [-0.2, 0) is 14.8 Å². The summed E-state index contributed by atoms with van der Waals surface area (Å²) in [5.74, 6) is 0.856. The van der Waals surface area contributed by atoms with Crippen LogP contribution in [0, 0.1) is 13.8 Å². The number of aryl methyl sites for hydroxylation is 2. The van der Waals surface area contributed by atoms with Crippen molar-refractivity contribution >= 4 is 16.0 Å². The van der Waals surface area contributed by atoms with E-state index in [2.05, 4.69) is 52.0 Å². The number of hydrogen-bond donors (Lipinski definition) is 2. The summed E-state index contributed by atoms with van der Waals surface area (Å²) >= 11 is 0. The van der Waals surface area contributed by atoms with Crippen LogP contribution in [0.25, 0.3) is 0 Å². The number of rotatable bonds is 7. The highest BCUT2D eigenvalue weighted by atomic mass is 32.2. The van der Waals surface area contributed by atoms with E-state index in [4.69, 9.17) is 4.74 Å². The highest BCUT2D eigenvalue weighted by molar-refractivity contribution is 7.88. The van der Waals surface area contributed by atoms with Crippen LogP contribution in [0.1, 0.15) is 36.1 Å². The first-order valence-corrected chi connectivity index (χ1v) is 11.4. The Morgan fingerprint density at radius 1 is 1.37 bits per heavy atom. The Hall–Kier alpha value is -1.64. The zero-order chi connectivity index (χ0) is 19.9. The van der Waals surface area contributed by atoms with Crippen molar-refractivity contribution in [3.8, 4) is 0 Å². The molecule has 1 fully saturated rings. The number of morpholine rings is 1. The van der Waals surface area contributed by atoms with Crippen molar-refractivity contribution in [2.45, 2.75) is 33.3 Å². The lowest BCUT2D eigenvalue weighted by Gasteiger charge is -2.36. The van der Waals surface area contributed by atoms with Gasteiger partial charge in [0.05, 0.1) is 19.4 Å². The molecule has 0 aliphatic carbocycles. The Balaban J connectivity index is 2.00. The van der Waals surface area contributed by atoms with Crippen LogP contribution in [0.5, 0.6) is 0 Å². The highest BCUT2D eigenvalue weighted by Gasteiger charge is 2.25. The van der Waals surface area contributed by atoms with Crippen LogP contribution in [0.15, 0.2) is 23.2 Å². The molecule has 1 heterocycles. The number of benzene rings is 1. The largest absolute Gasteiger partial charge is 0.370 e. The summed E-state index contributed by atoms with van der Waals surface area (Å²) in [6.45, 7) is 10.2. The van der Waals surface area contributed by atoms with Crippen LogP contribution in [-0.4, -0.2) is 64.9 Å². The molecule has 1 saturated heterocycles. The zero-order valence-electron chi connectivity index (χ0n) is 16.8. The molecule has 8 heteroatoms. The van der Waals surface area contributed by atoms with Gasteiger partial charge in [0.1, 0.15) is 6.10 Å². The molecule has 7 nitrogen and oxygen atoms in total. The SMILES string of the molecule is CCNC(=NCCCNS(C)(=O)=O)N1CCOC(c2ccc(C)cc2C)C1. The van der Waals surface area contributed by atoms with Crippen molar-refractivity contribution in [2.75, 3.05) is 45.6 Å². The molecule has 1 aromatic rings. The molecule has 0 spiro atoms. The second-order valence-corrected chi connectivity index (χ2v) is 8.75. The minimum absolute atomic E-state index is 0.0232. The molecule has 0 saturated carbocycles. The summed E-state index contributed by atoms with van der Waals surface area (Å²) < 4.78 is 30.8. The second kappa shape index (κ2) is 10.1. The van der Waals surface area contributed by atoms with Gasteiger partial charge in [0.2, 0.25) is 10.0 Å². The Morgan fingerprint density at radius 2 is 2.15 bits per heavy atom. The Kier molecular flexibility index (Phi) is 8.07. The molecular weight excluding hydrogens is 364 g/mol. The molecule has 1 atom stereocenters. The standard InChI is InChI=1S/C19H32N4O3S/c1-5-20-19(21-9-6-10-22-27(4,24)25)23-11-12-26-18(14-23)17-8-7-15(2)13-16(17)3/h7-8,13,18,22H,5-6,9-12,14H2,1-4H3,(H,20,21). The smallest absolute Gasteiger partial charge is 0.208 e. The van der Waals surface area contributed by atoms with E-state index >= 15 is 0 Å². The van der Waals surface area contributed by atoms with E-state index in [1.807, 2.05) is 6.92 Å². The predicted octanol–water partition coefficient (Wildman–Crippen LogP) is 1.58. The van der Waals surface area contributed by atoms with Gasteiger partial charge >= 0.3 is 0 Å². The third-order valence-electron chi connectivity index (χ3n) is 4.43. The van der Waals surface area contributed by atoms with Crippen molar-refractivity contribution in [3.63, 3.8) is 0 Å². The van der Waals surface area contributed by atoms with Crippen molar-refractivity contribution in [2.24, 2.45) is 4.99 Å². The first-order valence-electron chi connectivity index (χ1n) is 9.47. The normalized spacial score (nSPS) is 18.6. The quantitative estimate of drug-likeness (QED) is 0.415. The van der Waals surface area contributed by atoms with E-state index < -0.39 is 10.0 Å². The summed E-state index contributed by atoms with van der Waals surface area (Å²) in [6, 6.07) is 6.46. The molecule has 2 rings (SSSR count). The maximum absolute atomic E-state index is 11.1. The number of guanidine groups is 1. The van der Waals surface area contributed by atoms with Crippen LogP contribution in [0.2, 0.25) is 0 Å². The molecule has 0 aromatic heterocycles. The van der Waals surface area contributed by atoms with Gasteiger partial charge in [0, 0.05) is 26.2 Å². The maximum Gasteiger partial charge on any atom is 0.208 e. The fourth-order valence-electron chi connectivity index (χ4n) is 3.16. The van der Waals surface area contributed by atoms with Gasteiger partial charge in [-0.3, -0.25) is 4.99 Å². The molecule has 0 amide bonds. The minimum Gasteiger partial charge on any atom is -0.370 e. The van der Waals surface area contributed by atoms with Gasteiger partial charge in [-0.1, -0.05) is 23.8 Å². The van der Waals surface area contributed by atoms with Gasteiger partial charge in [0.15, 0.2) is 5.96 Å². The van der Waals surface area contributed by atoms with Crippen molar-refractivity contribution in [1.82, 2.24) is 14.9 Å². The highest BCUT2D eigenvalue weighted by Crippen LogP contribution is 2.25. The molecule has 1 unspecified atom stereocenters. The summed E-state index contributed by atoms with van der Waals surface area (Å²) in [4.78, 5) is 6.89. The molecule has 27 heavy (non-hydrogen) atoms. The molecule has 2 N–H and O–H groups in total. The van der Waals surface area contributed by atoms with E-state index in [0.29, 0.717) is 26.1 Å². The third-order valence-corrected chi connectivity index (χ3v) is 5.16. The molecule has 0 bridgehead atoms. The van der Waals surface area contributed by atoms with Crippen molar-refractivity contribution in [3.05, 3.63) is 34.9 Å². The Bertz CT molecular complexity index is 749. The van der Waals surface area contributed by atoms with Crippen LogP contribution in [0.4, 0.5) is 0 Å². The summed E-state index contributed by atoms with van der Waals surface area (Å²) in [6.07, 6.45) is 1.85. The van der Waals surface area contributed by atoms with Gasteiger partial charge in [-0.2, -0.15) is 0 Å². The van der Waals surface area contributed by atoms with E-state index in [1.165, 1.54) is 22.9 Å². The molecule has 152 valence electrons. The lowest BCUT2D eigenvalue weighted by atomic mass is 10.00. The van der Waals surface area contributed by atoms with Gasteiger partial charge in [0.25, 0.3) is 0 Å². The third kappa shape index (κ3) is 7.12. The van der Waals surface area contributed by atoms with Crippen LogP contribution >= 0.6 is 0 Å². The second-order valence-electron chi connectivity index (χ2n) is 6.92. The average molecular weight is 397 g/mol. The van der Waals surface area contributed by atoms with Crippen LogP contribution < -0.4 is 10.0 Å². The zero-order valence-corrected chi connectivity index (χ0v) is 17.6. The van der Waals surface area contributed by atoms with E-state index in [0.717, 1.165) is 25.6 Å². The van der Waals surface area contributed by atoms with Crippen molar-refractivity contribution < 1.29 is 13.2 Å². The molecule has 1 aliphatic rings. The van der Waals surface area contributed by atoms with E-state index in [1.54, 1.807) is 0 Å². The lowest BCUT2D eigenvalue weighted by Crippen LogP contribution is -2.48. The summed E-state index contributed by atoms with van der Waals surface area (Å²) in [5.41, 5.74) is 3.72. The van der Waals surface area contributed by atoms with E-state index in [-0.39, 0.29) is 6.10 Å². The fourth-order valence-corrected chi connectivity index (χ4v) is 3.68. The maximum atomic E-state index is 11.1. The Labute approximate surface area is 163 Å². The van der Waals surface area contributed by atoms with Gasteiger partial charge < -0.3 is 15.0 Å². The number of hydrogen-bond acceptors (Lipinski definition) is 4. The van der Waals surface area contributed by atoms with Gasteiger partial charge in [-0.15, -0.1) is 0 Å². The number of ether oxygens (including phenoxy) is 1. The minimum atomic E-state index is -3.14. The number of sulfonamides is 1. The van der Waals surface area contributed by atoms with Crippen molar-refractivity contribution in [1.29, 1.82) is 0 Å². The molecule has 0 radical (unpaired) electrons. The predicted molar refractivity (Wildman–Crippen MR) is 110 cm³/mol. The summed E-state index contributed by atoms with van der Waals surface area (Å²) in [7, 11) is -3.14. The summed E-state index contributed by atoms with van der Waals surface area (Å²) in [5, 5.41) is 3.34.